The zero-order valence-electron chi connectivity index (χ0n) is 68.3. The predicted molar refractivity (Wildman–Crippen MR) is 481 cm³/mol. The largest absolute Gasteiger partial charge is 0.450 e. The summed E-state index contributed by atoms with van der Waals surface area (Å²) in [6.07, 6.45) is 1.92. The van der Waals surface area contributed by atoms with Crippen molar-refractivity contribution < 1.29 is 41.1 Å². The van der Waals surface area contributed by atoms with Crippen molar-refractivity contribution >= 4 is 123 Å². The molecule has 1 aliphatic rings. The molecule has 1 saturated carbocycles. The molecule has 0 unspecified atom stereocenters. The zero-order valence-corrected chi connectivity index (χ0v) is 70.7. The van der Waals surface area contributed by atoms with Gasteiger partial charge in [0, 0.05) is 126 Å². The van der Waals surface area contributed by atoms with E-state index in [1.54, 1.807) is 55.5 Å². The van der Waals surface area contributed by atoms with Crippen LogP contribution in [0.25, 0.3) is 111 Å². The maximum atomic E-state index is 13.6. The summed E-state index contributed by atoms with van der Waals surface area (Å²) in [7, 11) is -3.78. The third-order valence-electron chi connectivity index (χ3n) is 20.7. The first-order valence-electron chi connectivity index (χ1n) is 39.8. The van der Waals surface area contributed by atoms with E-state index in [1.165, 1.54) is 36.4 Å². The normalized spacial score (nSPS) is 11.4. The lowest BCUT2D eigenvalue weighted by atomic mass is 10.0. The van der Waals surface area contributed by atoms with Crippen molar-refractivity contribution in [1.29, 1.82) is 26.3 Å². The van der Waals surface area contributed by atoms with Crippen LogP contribution in [0.2, 0.25) is 10.0 Å². The molecule has 15 aromatic rings. The molecular weight excluding hydrogens is 1620 g/mol. The van der Waals surface area contributed by atoms with E-state index in [9.17, 15) is 57.9 Å². The Kier molecular flexibility index (Phi) is 27.9. The van der Waals surface area contributed by atoms with E-state index in [1.807, 2.05) is 177 Å². The highest BCUT2D eigenvalue weighted by Crippen LogP contribution is 2.41. The molecule has 16 rings (SSSR count). The van der Waals surface area contributed by atoms with Crippen LogP contribution in [-0.4, -0.2) is 68.6 Å². The summed E-state index contributed by atoms with van der Waals surface area (Å²) < 4.78 is 70.1. The van der Waals surface area contributed by atoms with Gasteiger partial charge in [-0.25, -0.2) is 31.9 Å². The summed E-state index contributed by atoms with van der Waals surface area (Å²) in [6, 6.07) is 75.3. The van der Waals surface area contributed by atoms with Gasteiger partial charge in [-0.15, -0.1) is 0 Å². The molecule has 1 fully saturated rings. The molecule has 620 valence electrons. The molecule has 123 heavy (non-hydrogen) atoms. The van der Waals surface area contributed by atoms with Crippen LogP contribution in [0, 0.1) is 68.3 Å². The number of para-hydroxylation sites is 1. The van der Waals surface area contributed by atoms with E-state index >= 15 is 0 Å². The molecule has 1 aliphatic carbocycles. The van der Waals surface area contributed by atoms with Gasteiger partial charge in [-0.2, -0.15) is 26.3 Å². The van der Waals surface area contributed by atoms with Gasteiger partial charge in [-0.1, -0.05) is 109 Å². The van der Waals surface area contributed by atoms with Crippen LogP contribution < -0.4 is 26.8 Å². The molecule has 0 spiro atoms. The highest BCUT2D eigenvalue weighted by Gasteiger charge is 2.27. The molecule has 5 aromatic heterocycles. The number of nitrogens with two attached hydrogens (primary N) is 2. The number of benzene rings is 10. The number of anilines is 3. The third kappa shape index (κ3) is 19.1. The molecule has 0 radical (unpaired) electrons. The number of hydrogen-bond donors (Lipinski definition) is 5. The Morgan fingerprint density at radius 3 is 1.17 bits per heavy atom. The van der Waals surface area contributed by atoms with Gasteiger partial charge in [-0.05, 0) is 217 Å². The van der Waals surface area contributed by atoms with E-state index in [4.69, 9.17) is 43.5 Å². The number of nitrogens with one attached hydrogen (secondary N) is 3. The predicted octanol–water partition coefficient (Wildman–Crippen LogP) is 22.2. The summed E-state index contributed by atoms with van der Waals surface area (Å²) in [5, 5.41) is 66.9. The van der Waals surface area contributed by atoms with Gasteiger partial charge in [0.25, 0.3) is 5.91 Å². The van der Waals surface area contributed by atoms with E-state index in [2.05, 4.69) is 66.9 Å². The second-order valence-corrected chi connectivity index (χ2v) is 30.8. The molecule has 5 heterocycles. The van der Waals surface area contributed by atoms with Gasteiger partial charge in [0.05, 0.1) is 85.4 Å². The van der Waals surface area contributed by atoms with Crippen molar-refractivity contribution in [2.24, 2.45) is 5.14 Å². The molecule has 22 nitrogen and oxygen atoms in total. The van der Waals surface area contributed by atoms with Crippen molar-refractivity contribution in [1.82, 2.24) is 28.2 Å². The number of rotatable bonds is 18. The summed E-state index contributed by atoms with van der Waals surface area (Å²) in [5.41, 5.74) is 23.7. The average molecular weight is 1700 g/mol. The number of amides is 3. The number of hydrogen-bond acceptors (Lipinski definition) is 13. The van der Waals surface area contributed by atoms with Gasteiger partial charge in [-0.3, -0.25) is 15.4 Å². The number of aromatic nitrogens is 5. The van der Waals surface area contributed by atoms with E-state index in [0.29, 0.717) is 128 Å². The van der Waals surface area contributed by atoms with Crippen LogP contribution in [0.3, 0.4) is 0 Å². The van der Waals surface area contributed by atoms with Crippen LogP contribution in [-0.2, 0) is 52.2 Å². The lowest BCUT2D eigenvalue weighted by Crippen LogP contribution is -2.25. The van der Waals surface area contributed by atoms with Gasteiger partial charge in [0.1, 0.15) is 42.0 Å². The summed E-state index contributed by atoms with van der Waals surface area (Å²) >= 11 is 12.3. The number of nitriles is 5. The number of nitrogen functional groups attached to an aromatic ring is 1. The number of ether oxygens (including phenoxy) is 2. The first-order chi connectivity index (χ1) is 59.4. The molecule has 0 atom stereocenters. The summed E-state index contributed by atoms with van der Waals surface area (Å²) in [6.45, 7) is 17.9. The van der Waals surface area contributed by atoms with Gasteiger partial charge in [0.15, 0.2) is 0 Å². The Morgan fingerprint density at radius 2 is 0.789 bits per heavy atom. The Labute approximate surface area is 720 Å². The minimum Gasteiger partial charge on any atom is -0.450 e. The lowest BCUT2D eigenvalue weighted by molar-refractivity contribution is 0.0950. The fourth-order valence-corrected chi connectivity index (χ4v) is 16.0. The maximum Gasteiger partial charge on any atom is 0.411 e. The molecule has 0 aliphatic heterocycles. The fraction of sp³-hybridized carbons (Fsp3) is 0.188. The molecule has 10 aromatic carbocycles. The van der Waals surface area contributed by atoms with Crippen LogP contribution >= 0.6 is 23.2 Å². The monoisotopic (exact) mass is 1700 g/mol. The first kappa shape index (κ1) is 87.8. The second kappa shape index (κ2) is 39.1. The molecular formula is C96H85Cl2F2N15O7S. The van der Waals surface area contributed by atoms with Crippen LogP contribution in [0.1, 0.15) is 106 Å². The van der Waals surface area contributed by atoms with Gasteiger partial charge >= 0.3 is 12.2 Å². The Bertz CT molecular complexity index is 6890. The number of carbonyl (C=O) groups excluding carboxylic acids is 3. The lowest BCUT2D eigenvalue weighted by Gasteiger charge is -2.11. The van der Waals surface area contributed by atoms with Crippen molar-refractivity contribution in [3.8, 4) is 86.6 Å². The average Bonchev–Trinajstić information content (AvgIpc) is 1.61. The Morgan fingerprint density at radius 1 is 0.431 bits per heavy atom. The third-order valence-corrected chi connectivity index (χ3v) is 22.1. The quantitative estimate of drug-likeness (QED) is 0.0499. The zero-order chi connectivity index (χ0) is 87.9. The van der Waals surface area contributed by atoms with Crippen LogP contribution in [0.5, 0.6) is 0 Å². The number of nitrogens with zero attached hydrogens (tertiary/aromatic N) is 10. The van der Waals surface area contributed by atoms with Crippen molar-refractivity contribution in [2.75, 3.05) is 29.6 Å². The summed E-state index contributed by atoms with van der Waals surface area (Å²) in [4.78, 5) is 35.7. The van der Waals surface area contributed by atoms with E-state index < -0.39 is 28.0 Å². The standard InChI is InChI=1S/C21H20ClN3O2.C21H19N3O.C20H18ClN3O2.C17H14FN3O2S.C17H14FN3/c1-3-10-27-21(26)24-16-7-5-6-14(11-16)20-18(13-23)17-12-15(22)8-9-19(17)25(20)4-2;1-2-24-19-6-4-3-5-17(19)18(13-22)20(24)14-7-9-15(10-8-14)21(25)23-16-11-12-16;1-3-24-18-9-8-14(21)11-16(18)17(12-22)19(24)13-6-5-7-15(10-13)23-20(25)26-4-2;1-2-21-16-8-5-12(18)9-14(16)15(10-19)17(21)11-3-6-13(7-4-11)24(20,22)23;1-2-21-16-8-5-12(18)9-14(16)15(10-19)17(21)11-3-6-13(20)7-4-11/h5-9,11-12H,3-4,10H2,1-2H3,(H,24,26);3-10,16H,2,11-12H2,1H3,(H,23,25);5-11H,3-4H2,1-2H3,(H,23,25);3-9H,2H2,1H3,(H2,20,22,23);3-9H,2,20H2,1H3. The van der Waals surface area contributed by atoms with Crippen molar-refractivity contribution in [3.05, 3.63) is 273 Å². The highest BCUT2D eigenvalue weighted by molar-refractivity contribution is 7.89. The van der Waals surface area contributed by atoms with E-state index in [-0.39, 0.29) is 16.6 Å². The van der Waals surface area contributed by atoms with Crippen molar-refractivity contribution in [3.63, 3.8) is 0 Å². The fourth-order valence-electron chi connectivity index (χ4n) is 15.2. The molecule has 3 amide bonds. The number of carbonyl (C=O) groups is 3. The van der Waals surface area contributed by atoms with Gasteiger partial charge < -0.3 is 43.4 Å². The molecule has 0 bridgehead atoms. The number of sulfonamides is 1. The smallest absolute Gasteiger partial charge is 0.411 e. The minimum absolute atomic E-state index is 0.00467. The topological polar surface area (TPSA) is 336 Å². The van der Waals surface area contributed by atoms with E-state index in [0.717, 1.165) is 115 Å². The van der Waals surface area contributed by atoms with Gasteiger partial charge in [0.2, 0.25) is 10.0 Å². The van der Waals surface area contributed by atoms with Crippen LogP contribution in [0.4, 0.5) is 35.4 Å². The minimum atomic E-state index is -3.78. The second-order valence-electron chi connectivity index (χ2n) is 28.3. The Hall–Kier alpha value is -14.5. The number of aryl methyl sites for hydroxylation is 5. The SMILES string of the molecule is CCCOC(=O)Nc1cccc(-c2c(C#N)c3cc(Cl)ccc3n2CC)c1.CCOC(=O)Nc1cccc(-c2c(C#N)c3cc(Cl)ccc3n2CC)c1.CCn1c(-c2ccc(C(=O)NC3CC3)cc2)c(C#N)c2ccccc21.CCn1c(-c2ccc(N)cc2)c(C#N)c2cc(F)ccc21.CCn1c(-c2ccc(S(N)(=O)=O)cc2)c(C#N)c2cc(F)ccc21. The molecule has 27 heteroatoms. The Balaban J connectivity index is 0.000000141. The first-order valence-corrected chi connectivity index (χ1v) is 42.1. The van der Waals surface area contributed by atoms with Crippen molar-refractivity contribution in [2.45, 2.75) is 111 Å². The number of fused-ring (bicyclic) bond motifs is 5. The number of primary sulfonamides is 1. The molecule has 0 saturated heterocycles. The maximum absolute atomic E-state index is 13.6. The summed E-state index contributed by atoms with van der Waals surface area (Å²) in [5.74, 6) is -0.773. The van der Waals surface area contributed by atoms with Crippen LogP contribution in [0.15, 0.2) is 223 Å². The molecule has 7 N–H and O–H groups in total. The highest BCUT2D eigenvalue weighted by atomic mass is 35.5. The number of halogens is 4.